The van der Waals surface area contributed by atoms with Gasteiger partial charge in [0.2, 0.25) is 0 Å². The Morgan fingerprint density at radius 1 is 0.811 bits per heavy atom. The first-order valence-electron chi connectivity index (χ1n) is 14.1. The van der Waals surface area contributed by atoms with E-state index in [9.17, 15) is 4.79 Å². The van der Waals surface area contributed by atoms with Crippen LogP contribution in [0.2, 0.25) is 0 Å². The van der Waals surface area contributed by atoms with Crippen molar-refractivity contribution in [1.29, 1.82) is 0 Å². The molecule has 37 heavy (non-hydrogen) atoms. The lowest BCUT2D eigenvalue weighted by Gasteiger charge is -2.37. The van der Waals surface area contributed by atoms with Gasteiger partial charge in [0.05, 0.1) is 0 Å². The second-order valence-electron chi connectivity index (χ2n) is 11.3. The lowest BCUT2D eigenvalue weighted by atomic mass is 9.81. The van der Waals surface area contributed by atoms with Crippen molar-refractivity contribution >= 4 is 11.7 Å². The minimum absolute atomic E-state index is 0.0479. The van der Waals surface area contributed by atoms with Crippen LogP contribution >= 0.6 is 0 Å². The van der Waals surface area contributed by atoms with Crippen molar-refractivity contribution in [3.8, 4) is 0 Å². The van der Waals surface area contributed by atoms with Crippen LogP contribution in [-0.2, 0) is 6.42 Å². The highest BCUT2D eigenvalue weighted by atomic mass is 16.2. The molecule has 0 aromatic heterocycles. The molecule has 3 aromatic carbocycles. The molecular weight excluding hydrogens is 452 g/mol. The Kier molecular flexibility index (Phi) is 9.08. The Morgan fingerprint density at radius 2 is 1.41 bits per heavy atom. The van der Waals surface area contributed by atoms with Crippen LogP contribution in [-0.4, -0.2) is 23.5 Å². The van der Waals surface area contributed by atoms with Crippen molar-refractivity contribution in [2.75, 3.05) is 11.9 Å². The molecule has 1 aliphatic rings. The van der Waals surface area contributed by atoms with Gasteiger partial charge in [0.25, 0.3) is 0 Å². The summed E-state index contributed by atoms with van der Waals surface area (Å²) in [5.74, 6) is 1.28. The molecule has 0 saturated heterocycles. The molecule has 0 spiro atoms. The zero-order chi connectivity index (χ0) is 26.4. The highest BCUT2D eigenvalue weighted by Crippen LogP contribution is 2.36. The van der Waals surface area contributed by atoms with Crippen molar-refractivity contribution in [3.05, 3.63) is 101 Å². The van der Waals surface area contributed by atoms with Crippen LogP contribution in [0.1, 0.15) is 98.9 Å². The third-order valence-electron chi connectivity index (χ3n) is 8.16. The number of hydrogen-bond donors (Lipinski definition) is 1. The largest absolute Gasteiger partial charge is 0.322 e. The van der Waals surface area contributed by atoms with E-state index in [0.717, 1.165) is 44.3 Å². The summed E-state index contributed by atoms with van der Waals surface area (Å²) in [7, 11) is 0. The van der Waals surface area contributed by atoms with Gasteiger partial charge in [0.15, 0.2) is 0 Å². The molecule has 3 nitrogen and oxygen atoms in total. The minimum Gasteiger partial charge on any atom is -0.321 e. The van der Waals surface area contributed by atoms with Gasteiger partial charge < -0.3 is 10.2 Å². The van der Waals surface area contributed by atoms with E-state index in [1.54, 1.807) is 0 Å². The zero-order valence-corrected chi connectivity index (χ0v) is 23.3. The fraction of sp³-hybridized carbons (Fsp3) is 0.441. The van der Waals surface area contributed by atoms with E-state index in [-0.39, 0.29) is 12.1 Å². The van der Waals surface area contributed by atoms with Crippen molar-refractivity contribution in [2.24, 2.45) is 0 Å². The number of benzene rings is 3. The number of rotatable bonds is 8. The van der Waals surface area contributed by atoms with E-state index < -0.39 is 0 Å². The van der Waals surface area contributed by atoms with Crippen LogP contribution in [0.25, 0.3) is 0 Å². The SMILES string of the molecule is Cc1ccccc1CCN(C(=O)Nc1c(C(C)C)cccc1C(C)C)C1CCC(c2ccccc2)CC1. The van der Waals surface area contributed by atoms with Crippen LogP contribution < -0.4 is 5.32 Å². The Morgan fingerprint density at radius 3 is 2.00 bits per heavy atom. The first-order valence-corrected chi connectivity index (χ1v) is 14.1. The molecule has 0 atom stereocenters. The first kappa shape index (κ1) is 27.0. The van der Waals surface area contributed by atoms with E-state index in [4.69, 9.17) is 0 Å². The number of hydrogen-bond acceptors (Lipinski definition) is 1. The van der Waals surface area contributed by atoms with Crippen LogP contribution in [0, 0.1) is 6.92 Å². The van der Waals surface area contributed by atoms with Crippen molar-refractivity contribution in [3.63, 3.8) is 0 Å². The molecule has 0 unspecified atom stereocenters. The van der Waals surface area contributed by atoms with E-state index in [0.29, 0.717) is 17.8 Å². The fourth-order valence-electron chi connectivity index (χ4n) is 5.90. The molecule has 0 heterocycles. The van der Waals surface area contributed by atoms with Crippen molar-refractivity contribution < 1.29 is 4.79 Å². The van der Waals surface area contributed by atoms with Gasteiger partial charge in [0, 0.05) is 18.3 Å². The zero-order valence-electron chi connectivity index (χ0n) is 23.3. The van der Waals surface area contributed by atoms with Gasteiger partial charge in [-0.1, -0.05) is 100 Å². The smallest absolute Gasteiger partial charge is 0.321 e. The van der Waals surface area contributed by atoms with Crippen molar-refractivity contribution in [2.45, 2.75) is 90.5 Å². The number of urea groups is 1. The molecule has 3 aromatic rings. The van der Waals surface area contributed by atoms with Gasteiger partial charge in [-0.25, -0.2) is 4.79 Å². The van der Waals surface area contributed by atoms with Crippen LogP contribution in [0.15, 0.2) is 72.8 Å². The van der Waals surface area contributed by atoms with Crippen LogP contribution in [0.3, 0.4) is 0 Å². The quantitative estimate of drug-likeness (QED) is 0.331. The molecule has 1 aliphatic carbocycles. The predicted molar refractivity (Wildman–Crippen MR) is 157 cm³/mol. The molecule has 4 rings (SSSR count). The molecule has 0 aliphatic heterocycles. The molecule has 1 fully saturated rings. The highest BCUT2D eigenvalue weighted by Gasteiger charge is 2.30. The summed E-state index contributed by atoms with van der Waals surface area (Å²) in [6.07, 6.45) is 5.22. The summed E-state index contributed by atoms with van der Waals surface area (Å²) in [5.41, 5.74) is 7.49. The maximum Gasteiger partial charge on any atom is 0.322 e. The number of carbonyl (C=O) groups is 1. The third kappa shape index (κ3) is 6.63. The second-order valence-corrected chi connectivity index (χ2v) is 11.3. The monoisotopic (exact) mass is 496 g/mol. The molecule has 0 radical (unpaired) electrons. The molecule has 1 saturated carbocycles. The molecule has 1 N–H and O–H groups in total. The van der Waals surface area contributed by atoms with E-state index in [1.807, 2.05) is 0 Å². The first-order chi connectivity index (χ1) is 17.8. The summed E-state index contributed by atoms with van der Waals surface area (Å²) in [6.45, 7) is 11.7. The predicted octanol–water partition coefficient (Wildman–Crippen LogP) is 9.04. The standard InChI is InChI=1S/C34H44N2O/c1-24(2)31-16-11-17-32(25(3)4)33(31)35-34(37)36(23-22-27-13-10-9-12-26(27)5)30-20-18-29(19-21-30)28-14-7-6-8-15-28/h6-17,24-25,29-30H,18-23H2,1-5H3,(H,35,37). The van der Waals surface area contributed by atoms with Gasteiger partial charge in [0.1, 0.15) is 0 Å². The molecule has 3 heteroatoms. The van der Waals surface area contributed by atoms with Crippen LogP contribution in [0.5, 0.6) is 0 Å². The molecule has 2 amide bonds. The van der Waals surface area contributed by atoms with Gasteiger partial charge >= 0.3 is 6.03 Å². The van der Waals surface area contributed by atoms with E-state index in [1.165, 1.54) is 27.8 Å². The molecule has 0 bridgehead atoms. The van der Waals surface area contributed by atoms with Gasteiger partial charge in [-0.3, -0.25) is 0 Å². The number of nitrogens with zero attached hydrogens (tertiary/aromatic N) is 1. The number of nitrogens with one attached hydrogen (secondary N) is 1. The summed E-state index contributed by atoms with van der Waals surface area (Å²) in [6, 6.07) is 26.2. The Labute approximate surface area is 224 Å². The normalized spacial score (nSPS) is 17.7. The fourth-order valence-corrected chi connectivity index (χ4v) is 5.90. The lowest BCUT2D eigenvalue weighted by molar-refractivity contribution is 0.163. The summed E-state index contributed by atoms with van der Waals surface area (Å²) in [4.78, 5) is 16.2. The number of para-hydroxylation sites is 1. The Balaban J connectivity index is 1.56. The maximum absolute atomic E-state index is 14.0. The minimum atomic E-state index is 0.0479. The second kappa shape index (κ2) is 12.4. The highest BCUT2D eigenvalue weighted by molar-refractivity contribution is 5.91. The summed E-state index contributed by atoms with van der Waals surface area (Å²) in [5, 5.41) is 3.42. The molecule has 196 valence electrons. The number of carbonyl (C=O) groups excluding carboxylic acids is 1. The van der Waals surface area contributed by atoms with E-state index >= 15 is 0 Å². The van der Waals surface area contributed by atoms with E-state index in [2.05, 4.69) is 118 Å². The maximum atomic E-state index is 14.0. The van der Waals surface area contributed by atoms with Crippen molar-refractivity contribution in [1.82, 2.24) is 4.90 Å². The third-order valence-corrected chi connectivity index (χ3v) is 8.16. The number of anilines is 1. The average molecular weight is 497 g/mol. The average Bonchev–Trinajstić information content (AvgIpc) is 2.90. The summed E-state index contributed by atoms with van der Waals surface area (Å²) >= 11 is 0. The van der Waals surface area contributed by atoms with Crippen LogP contribution in [0.4, 0.5) is 10.5 Å². The van der Waals surface area contributed by atoms with Gasteiger partial charge in [-0.05, 0) is 84.6 Å². The number of aryl methyl sites for hydroxylation is 1. The van der Waals surface area contributed by atoms with Gasteiger partial charge in [-0.2, -0.15) is 0 Å². The molecular formula is C34H44N2O. The number of amides is 2. The lowest BCUT2D eigenvalue weighted by Crippen LogP contribution is -2.45. The Bertz CT molecular complexity index is 1130. The summed E-state index contributed by atoms with van der Waals surface area (Å²) < 4.78 is 0. The topological polar surface area (TPSA) is 32.3 Å². The van der Waals surface area contributed by atoms with Gasteiger partial charge in [-0.15, -0.1) is 0 Å². The Hall–Kier alpha value is -3.07.